The van der Waals surface area contributed by atoms with E-state index < -0.39 is 6.10 Å². The van der Waals surface area contributed by atoms with E-state index in [0.29, 0.717) is 12.1 Å². The molecule has 0 saturated heterocycles. The molecule has 0 aliphatic carbocycles. The Morgan fingerprint density at radius 1 is 1.20 bits per heavy atom. The van der Waals surface area contributed by atoms with E-state index in [0.717, 1.165) is 23.1 Å². The molecule has 2 rings (SSSR count). The van der Waals surface area contributed by atoms with Crippen LogP contribution in [0.15, 0.2) is 42.5 Å². The minimum absolute atomic E-state index is 0.164. The summed E-state index contributed by atoms with van der Waals surface area (Å²) in [6.45, 7) is 4.27. The zero-order chi connectivity index (χ0) is 18.4. The molecule has 5 heteroatoms. The third-order valence-corrected chi connectivity index (χ3v) is 4.18. The Morgan fingerprint density at radius 3 is 2.48 bits per heavy atom. The van der Waals surface area contributed by atoms with Crippen molar-refractivity contribution in [3.05, 3.63) is 64.7 Å². The van der Waals surface area contributed by atoms with E-state index in [4.69, 9.17) is 0 Å². The number of aromatic hydroxyl groups is 1. The van der Waals surface area contributed by atoms with Crippen LogP contribution in [0.5, 0.6) is 5.75 Å². The first kappa shape index (κ1) is 19.0. The topological polar surface area (TPSA) is 78.8 Å². The van der Waals surface area contributed by atoms with Gasteiger partial charge in [0.1, 0.15) is 5.75 Å². The second-order valence-corrected chi connectivity index (χ2v) is 6.26. The molecular weight excluding hydrogens is 318 g/mol. The number of carbonyl (C=O) groups excluding carboxylic acids is 1. The van der Waals surface area contributed by atoms with Crippen molar-refractivity contribution in [3.63, 3.8) is 0 Å². The smallest absolute Gasteiger partial charge is 0.337 e. The van der Waals surface area contributed by atoms with Gasteiger partial charge in [-0.15, -0.1) is 0 Å². The van der Waals surface area contributed by atoms with Crippen LogP contribution in [-0.4, -0.2) is 35.9 Å². The van der Waals surface area contributed by atoms with Crippen LogP contribution in [0.25, 0.3) is 0 Å². The molecule has 25 heavy (non-hydrogen) atoms. The number of phenolic OH excluding ortho intramolecular Hbond substituents is 1. The van der Waals surface area contributed by atoms with Gasteiger partial charge < -0.3 is 20.3 Å². The summed E-state index contributed by atoms with van der Waals surface area (Å²) < 4.78 is 4.69. The number of esters is 1. The number of hydrogen-bond donors (Lipinski definition) is 3. The number of phenols is 1. The monoisotopic (exact) mass is 343 g/mol. The maximum atomic E-state index is 11.4. The van der Waals surface area contributed by atoms with E-state index in [-0.39, 0.29) is 17.8 Å². The van der Waals surface area contributed by atoms with Gasteiger partial charge in [-0.05, 0) is 61.2 Å². The quantitative estimate of drug-likeness (QED) is 0.674. The number of ether oxygens (including phenoxy) is 1. The molecule has 0 aliphatic heterocycles. The van der Waals surface area contributed by atoms with Crippen molar-refractivity contribution in [1.82, 2.24) is 5.32 Å². The lowest BCUT2D eigenvalue weighted by Crippen LogP contribution is -2.32. The van der Waals surface area contributed by atoms with Crippen molar-refractivity contribution < 1.29 is 19.7 Å². The zero-order valence-electron chi connectivity index (χ0n) is 14.8. The molecule has 0 spiro atoms. The first-order chi connectivity index (χ1) is 11.9. The Kier molecular flexibility index (Phi) is 6.56. The van der Waals surface area contributed by atoms with E-state index in [2.05, 4.69) is 10.1 Å². The molecule has 0 aliphatic rings. The number of aryl methyl sites for hydroxylation is 1. The molecular formula is C20H25NO4. The fourth-order valence-electron chi connectivity index (χ4n) is 2.64. The molecule has 0 heterocycles. The predicted molar refractivity (Wildman–Crippen MR) is 96.8 cm³/mol. The van der Waals surface area contributed by atoms with Crippen LogP contribution in [-0.2, 0) is 11.2 Å². The standard InChI is InChI=1S/C20H25NO4/c1-13-10-17(8-9-18(13)22)19(23)12-21-14(2)11-15-4-6-16(7-5-15)20(24)25-3/h4-10,14,19,21-23H,11-12H2,1-3H3. The van der Waals surface area contributed by atoms with Crippen molar-refractivity contribution in [2.45, 2.75) is 32.4 Å². The number of methoxy groups -OCH3 is 1. The van der Waals surface area contributed by atoms with E-state index in [1.807, 2.05) is 19.1 Å². The van der Waals surface area contributed by atoms with Gasteiger partial charge in [0.25, 0.3) is 0 Å². The van der Waals surface area contributed by atoms with Crippen molar-refractivity contribution in [2.24, 2.45) is 0 Å². The van der Waals surface area contributed by atoms with Crippen LogP contribution in [0.4, 0.5) is 0 Å². The summed E-state index contributed by atoms with van der Waals surface area (Å²) in [5.74, 6) is -0.113. The highest BCUT2D eigenvalue weighted by Gasteiger charge is 2.12. The number of aliphatic hydroxyl groups excluding tert-OH is 1. The second-order valence-electron chi connectivity index (χ2n) is 6.26. The summed E-state index contributed by atoms with van der Waals surface area (Å²) in [5.41, 5.74) is 3.15. The first-order valence-electron chi connectivity index (χ1n) is 8.29. The summed E-state index contributed by atoms with van der Waals surface area (Å²) >= 11 is 0. The Morgan fingerprint density at radius 2 is 1.88 bits per heavy atom. The molecule has 3 N–H and O–H groups in total. The van der Waals surface area contributed by atoms with Gasteiger partial charge >= 0.3 is 5.97 Å². The molecule has 2 atom stereocenters. The van der Waals surface area contributed by atoms with Crippen LogP contribution in [0, 0.1) is 6.92 Å². The van der Waals surface area contributed by atoms with Gasteiger partial charge in [0.15, 0.2) is 0 Å². The van der Waals surface area contributed by atoms with Gasteiger partial charge in [-0.3, -0.25) is 0 Å². The van der Waals surface area contributed by atoms with Gasteiger partial charge in [-0.25, -0.2) is 4.79 Å². The summed E-state index contributed by atoms with van der Waals surface area (Å²) in [5, 5.41) is 23.1. The maximum absolute atomic E-state index is 11.4. The Balaban J connectivity index is 1.86. The summed E-state index contributed by atoms with van der Waals surface area (Å²) in [4.78, 5) is 11.4. The van der Waals surface area contributed by atoms with Crippen LogP contribution in [0.2, 0.25) is 0 Å². The van der Waals surface area contributed by atoms with Crippen molar-refractivity contribution in [3.8, 4) is 5.75 Å². The summed E-state index contributed by atoms with van der Waals surface area (Å²) in [7, 11) is 1.36. The first-order valence-corrected chi connectivity index (χ1v) is 8.29. The third kappa shape index (κ3) is 5.31. The Bertz CT molecular complexity index is 712. The minimum atomic E-state index is -0.636. The number of nitrogens with one attached hydrogen (secondary N) is 1. The predicted octanol–water partition coefficient (Wildman–Crippen LogP) is 2.74. The largest absolute Gasteiger partial charge is 0.508 e. The molecule has 0 bridgehead atoms. The van der Waals surface area contributed by atoms with Crippen molar-refractivity contribution >= 4 is 5.97 Å². The molecule has 0 aromatic heterocycles. The van der Waals surface area contributed by atoms with E-state index in [1.54, 1.807) is 37.3 Å². The van der Waals surface area contributed by atoms with Crippen molar-refractivity contribution in [2.75, 3.05) is 13.7 Å². The van der Waals surface area contributed by atoms with E-state index in [9.17, 15) is 15.0 Å². The van der Waals surface area contributed by atoms with Gasteiger partial charge in [0, 0.05) is 12.6 Å². The van der Waals surface area contributed by atoms with Crippen LogP contribution in [0.1, 0.15) is 40.1 Å². The summed E-state index contributed by atoms with van der Waals surface area (Å²) in [6.07, 6.45) is 0.145. The number of aliphatic hydroxyl groups is 1. The fraction of sp³-hybridized carbons (Fsp3) is 0.350. The van der Waals surface area contributed by atoms with Gasteiger partial charge in [-0.1, -0.05) is 18.2 Å². The zero-order valence-corrected chi connectivity index (χ0v) is 14.8. The number of benzene rings is 2. The minimum Gasteiger partial charge on any atom is -0.508 e. The molecule has 2 aromatic rings. The molecule has 134 valence electrons. The molecule has 5 nitrogen and oxygen atoms in total. The van der Waals surface area contributed by atoms with Crippen LogP contribution >= 0.6 is 0 Å². The van der Waals surface area contributed by atoms with Gasteiger partial charge in [0.2, 0.25) is 0 Å². The summed E-state index contributed by atoms with van der Waals surface area (Å²) in [6, 6.07) is 12.6. The number of rotatable bonds is 7. The number of hydrogen-bond acceptors (Lipinski definition) is 5. The molecule has 2 aromatic carbocycles. The highest BCUT2D eigenvalue weighted by Crippen LogP contribution is 2.21. The molecule has 0 saturated carbocycles. The maximum Gasteiger partial charge on any atom is 0.337 e. The third-order valence-electron chi connectivity index (χ3n) is 4.18. The lowest BCUT2D eigenvalue weighted by Gasteiger charge is -2.18. The Labute approximate surface area is 148 Å². The van der Waals surface area contributed by atoms with E-state index >= 15 is 0 Å². The molecule has 0 radical (unpaired) electrons. The van der Waals surface area contributed by atoms with Gasteiger partial charge in [0.05, 0.1) is 18.8 Å². The lowest BCUT2D eigenvalue weighted by molar-refractivity contribution is 0.0600. The number of carbonyl (C=O) groups is 1. The average molecular weight is 343 g/mol. The van der Waals surface area contributed by atoms with Gasteiger partial charge in [-0.2, -0.15) is 0 Å². The SMILES string of the molecule is COC(=O)c1ccc(CC(C)NCC(O)c2ccc(O)c(C)c2)cc1. The van der Waals surface area contributed by atoms with Crippen molar-refractivity contribution in [1.29, 1.82) is 0 Å². The normalized spacial score (nSPS) is 13.3. The molecule has 0 amide bonds. The van der Waals surface area contributed by atoms with E-state index in [1.165, 1.54) is 7.11 Å². The highest BCUT2D eigenvalue weighted by molar-refractivity contribution is 5.89. The van der Waals surface area contributed by atoms with Crippen LogP contribution < -0.4 is 5.32 Å². The highest BCUT2D eigenvalue weighted by atomic mass is 16.5. The Hall–Kier alpha value is -2.37. The molecule has 2 unspecified atom stereocenters. The molecule has 0 fully saturated rings. The average Bonchev–Trinajstić information content (AvgIpc) is 2.62. The second kappa shape index (κ2) is 8.65. The van der Waals surface area contributed by atoms with Crippen LogP contribution in [0.3, 0.4) is 0 Å². The fourth-order valence-corrected chi connectivity index (χ4v) is 2.64. The lowest BCUT2D eigenvalue weighted by atomic mass is 10.0.